The third-order valence-corrected chi connectivity index (χ3v) is 8.06. The summed E-state index contributed by atoms with van der Waals surface area (Å²) >= 11 is 0. The Kier molecular flexibility index (Phi) is 3.80. The highest BCUT2D eigenvalue weighted by atomic mass is 16.4. The van der Waals surface area contributed by atoms with Gasteiger partial charge in [-0.05, 0) is 95.7 Å². The summed E-state index contributed by atoms with van der Waals surface area (Å²) in [5.74, 6) is 1.20. The molecule has 0 amide bonds. The summed E-state index contributed by atoms with van der Waals surface area (Å²) in [6, 6.07) is 17.9. The Morgan fingerprint density at radius 3 is 2.13 bits per heavy atom. The molecule has 0 saturated heterocycles. The molecule has 4 saturated carbocycles. The first-order valence-corrected chi connectivity index (χ1v) is 11.1. The zero-order chi connectivity index (χ0) is 20.5. The van der Waals surface area contributed by atoms with Gasteiger partial charge in [0.25, 0.3) is 0 Å². The van der Waals surface area contributed by atoms with Crippen molar-refractivity contribution < 1.29 is 15.0 Å². The summed E-state index contributed by atoms with van der Waals surface area (Å²) in [7, 11) is 0. The lowest BCUT2D eigenvalue weighted by Gasteiger charge is -2.57. The number of fused-ring (bicyclic) bond motifs is 1. The van der Waals surface area contributed by atoms with Crippen molar-refractivity contribution in [3.8, 4) is 16.9 Å². The first-order chi connectivity index (χ1) is 14.5. The van der Waals surface area contributed by atoms with Gasteiger partial charge in [-0.25, -0.2) is 4.79 Å². The largest absolute Gasteiger partial charge is 0.507 e. The fourth-order valence-corrected chi connectivity index (χ4v) is 7.29. The first-order valence-electron chi connectivity index (χ1n) is 11.1. The minimum Gasteiger partial charge on any atom is -0.507 e. The van der Waals surface area contributed by atoms with Crippen LogP contribution in [0.1, 0.15) is 54.4 Å². The molecule has 152 valence electrons. The number of benzene rings is 3. The van der Waals surface area contributed by atoms with Crippen LogP contribution in [0.3, 0.4) is 0 Å². The molecule has 0 unspecified atom stereocenters. The number of aromatic hydroxyl groups is 1. The SMILES string of the molecule is O=C(O)c1c(O)cc(C23CC4CC(CC(C4)C2)C3)cc1-c1cccc2ccccc12. The minimum absolute atomic E-state index is 0.0137. The van der Waals surface area contributed by atoms with E-state index in [4.69, 9.17) is 0 Å². The highest BCUT2D eigenvalue weighted by Gasteiger charge is 2.51. The molecule has 4 aliphatic carbocycles. The molecule has 0 aliphatic heterocycles. The number of hydrogen-bond acceptors (Lipinski definition) is 2. The van der Waals surface area contributed by atoms with Crippen LogP contribution in [0.25, 0.3) is 21.9 Å². The Morgan fingerprint density at radius 2 is 1.47 bits per heavy atom. The van der Waals surface area contributed by atoms with Gasteiger partial charge in [0.15, 0.2) is 0 Å². The fourth-order valence-electron chi connectivity index (χ4n) is 7.29. The molecule has 4 aliphatic rings. The van der Waals surface area contributed by atoms with Gasteiger partial charge in [0.2, 0.25) is 0 Å². The van der Waals surface area contributed by atoms with Gasteiger partial charge >= 0.3 is 5.97 Å². The van der Waals surface area contributed by atoms with Crippen molar-refractivity contribution in [3.63, 3.8) is 0 Å². The van der Waals surface area contributed by atoms with Crippen LogP contribution in [0.2, 0.25) is 0 Å². The van der Waals surface area contributed by atoms with Crippen LogP contribution in [-0.4, -0.2) is 16.2 Å². The second-order valence-corrected chi connectivity index (χ2v) is 9.95. The maximum atomic E-state index is 12.2. The van der Waals surface area contributed by atoms with Gasteiger partial charge < -0.3 is 10.2 Å². The van der Waals surface area contributed by atoms with Gasteiger partial charge in [0.1, 0.15) is 11.3 Å². The van der Waals surface area contributed by atoms with E-state index in [1.165, 1.54) is 38.5 Å². The number of hydrogen-bond donors (Lipinski definition) is 2. The zero-order valence-electron chi connectivity index (χ0n) is 17.0. The van der Waals surface area contributed by atoms with E-state index in [9.17, 15) is 15.0 Å². The predicted octanol–water partition coefficient (Wildman–Crippen LogP) is 6.38. The summed E-state index contributed by atoms with van der Waals surface area (Å²) < 4.78 is 0. The molecule has 3 aromatic rings. The topological polar surface area (TPSA) is 57.5 Å². The van der Waals surface area contributed by atoms with Crippen LogP contribution in [0, 0.1) is 17.8 Å². The molecule has 0 radical (unpaired) electrons. The van der Waals surface area contributed by atoms with E-state index < -0.39 is 5.97 Å². The van der Waals surface area contributed by atoms with Crippen molar-refractivity contribution in [2.75, 3.05) is 0 Å². The highest BCUT2D eigenvalue weighted by Crippen LogP contribution is 2.61. The van der Waals surface area contributed by atoms with Crippen LogP contribution in [-0.2, 0) is 5.41 Å². The van der Waals surface area contributed by atoms with E-state index in [1.807, 2.05) is 42.5 Å². The maximum Gasteiger partial charge on any atom is 0.340 e. The molecule has 3 aromatic carbocycles. The fraction of sp³-hybridized carbons (Fsp3) is 0.370. The summed E-state index contributed by atoms with van der Waals surface area (Å²) in [6.45, 7) is 0. The molecule has 3 nitrogen and oxygen atoms in total. The monoisotopic (exact) mass is 398 g/mol. The van der Waals surface area contributed by atoms with Crippen molar-refractivity contribution in [3.05, 3.63) is 65.7 Å². The summed E-state index contributed by atoms with van der Waals surface area (Å²) in [4.78, 5) is 12.2. The Balaban J connectivity index is 1.58. The van der Waals surface area contributed by atoms with E-state index in [1.54, 1.807) is 6.07 Å². The van der Waals surface area contributed by atoms with Crippen molar-refractivity contribution >= 4 is 16.7 Å². The van der Waals surface area contributed by atoms with Crippen LogP contribution in [0.4, 0.5) is 0 Å². The molecule has 3 heteroatoms. The molecule has 0 heterocycles. The number of phenols is 1. The number of aromatic carboxylic acids is 1. The second-order valence-electron chi connectivity index (χ2n) is 9.95. The van der Waals surface area contributed by atoms with Crippen molar-refractivity contribution in [1.29, 1.82) is 0 Å². The van der Waals surface area contributed by atoms with Gasteiger partial charge in [-0.3, -0.25) is 0 Å². The Bertz CT molecular complexity index is 1140. The average Bonchev–Trinajstić information content (AvgIpc) is 2.71. The van der Waals surface area contributed by atoms with Crippen molar-refractivity contribution in [2.45, 2.75) is 43.9 Å². The normalized spacial score (nSPS) is 29.4. The van der Waals surface area contributed by atoms with Crippen LogP contribution >= 0.6 is 0 Å². The van der Waals surface area contributed by atoms with Gasteiger partial charge in [-0.1, -0.05) is 42.5 Å². The van der Waals surface area contributed by atoms with E-state index in [-0.39, 0.29) is 16.7 Å². The third kappa shape index (κ3) is 2.61. The molecule has 7 rings (SSSR count). The highest BCUT2D eigenvalue weighted by molar-refractivity contribution is 6.05. The van der Waals surface area contributed by atoms with Crippen LogP contribution < -0.4 is 0 Å². The lowest BCUT2D eigenvalue weighted by Crippen LogP contribution is -2.48. The van der Waals surface area contributed by atoms with E-state index in [0.717, 1.165) is 39.7 Å². The first kappa shape index (κ1) is 18.0. The maximum absolute atomic E-state index is 12.2. The Labute approximate surface area is 176 Å². The molecular formula is C27H26O3. The number of carbonyl (C=O) groups is 1. The molecule has 30 heavy (non-hydrogen) atoms. The van der Waals surface area contributed by atoms with Gasteiger partial charge in [0.05, 0.1) is 0 Å². The summed E-state index contributed by atoms with van der Waals surface area (Å²) in [5.41, 5.74) is 2.78. The quantitative estimate of drug-likeness (QED) is 0.538. The Hall–Kier alpha value is -2.81. The molecule has 0 aromatic heterocycles. The molecule has 2 N–H and O–H groups in total. The van der Waals surface area contributed by atoms with Crippen molar-refractivity contribution in [1.82, 2.24) is 0 Å². The summed E-state index contributed by atoms with van der Waals surface area (Å²) in [5, 5.41) is 22.9. The lowest BCUT2D eigenvalue weighted by molar-refractivity contribution is -0.00527. The van der Waals surface area contributed by atoms with Crippen molar-refractivity contribution in [2.24, 2.45) is 17.8 Å². The van der Waals surface area contributed by atoms with E-state index >= 15 is 0 Å². The summed E-state index contributed by atoms with van der Waals surface area (Å²) in [6.07, 6.45) is 7.61. The molecule has 4 fully saturated rings. The van der Waals surface area contributed by atoms with Gasteiger partial charge in [-0.2, -0.15) is 0 Å². The third-order valence-electron chi connectivity index (χ3n) is 8.06. The Morgan fingerprint density at radius 1 is 0.833 bits per heavy atom. The standard InChI is InChI=1S/C27H26O3/c28-24-12-20(27-13-16-8-17(14-27)10-18(9-16)15-27)11-23(25(24)26(29)30)22-7-3-5-19-4-1-2-6-21(19)22/h1-7,11-12,16-18,28H,8-10,13-15H2,(H,29,30). The lowest BCUT2D eigenvalue weighted by atomic mass is 9.48. The molecule has 0 atom stereocenters. The van der Waals surface area contributed by atoms with Crippen LogP contribution in [0.15, 0.2) is 54.6 Å². The zero-order valence-corrected chi connectivity index (χ0v) is 17.0. The van der Waals surface area contributed by atoms with Crippen LogP contribution in [0.5, 0.6) is 5.75 Å². The number of carboxylic acid groups (broad SMARTS) is 1. The number of rotatable bonds is 3. The molecule has 0 spiro atoms. The van der Waals surface area contributed by atoms with Gasteiger partial charge in [0, 0.05) is 5.56 Å². The second kappa shape index (κ2) is 6.34. The molecule has 4 bridgehead atoms. The predicted molar refractivity (Wildman–Crippen MR) is 118 cm³/mol. The van der Waals surface area contributed by atoms with E-state index in [0.29, 0.717) is 5.56 Å². The van der Waals surface area contributed by atoms with E-state index in [2.05, 4.69) is 6.07 Å². The minimum atomic E-state index is -1.08. The molecular weight excluding hydrogens is 372 g/mol. The number of carboxylic acids is 1. The smallest absolute Gasteiger partial charge is 0.340 e. The van der Waals surface area contributed by atoms with Gasteiger partial charge in [-0.15, -0.1) is 0 Å². The average molecular weight is 399 g/mol.